The summed E-state index contributed by atoms with van der Waals surface area (Å²) in [7, 11) is 1.86. The molecule has 1 nitrogen and oxygen atoms in total. The second-order valence-corrected chi connectivity index (χ2v) is 3.89. The van der Waals surface area contributed by atoms with E-state index in [0.29, 0.717) is 6.10 Å². The SMILES string of the molecule is CC.COC1C2CCC(C2)C1C. The van der Waals surface area contributed by atoms with Crippen molar-refractivity contribution in [2.24, 2.45) is 17.8 Å². The highest BCUT2D eigenvalue weighted by atomic mass is 16.5. The van der Waals surface area contributed by atoms with Gasteiger partial charge in [-0.3, -0.25) is 0 Å². The minimum atomic E-state index is 0.596. The third-order valence-electron chi connectivity index (χ3n) is 3.51. The lowest BCUT2D eigenvalue weighted by atomic mass is 9.88. The summed E-state index contributed by atoms with van der Waals surface area (Å²) in [5, 5.41) is 0. The van der Waals surface area contributed by atoms with Crippen LogP contribution in [0.25, 0.3) is 0 Å². The summed E-state index contributed by atoms with van der Waals surface area (Å²) in [6.45, 7) is 6.35. The zero-order valence-corrected chi connectivity index (χ0v) is 8.84. The smallest absolute Gasteiger partial charge is 0.0627 e. The zero-order chi connectivity index (χ0) is 9.14. The average molecular weight is 170 g/mol. The molecule has 2 bridgehead atoms. The van der Waals surface area contributed by atoms with Gasteiger partial charge in [0.1, 0.15) is 0 Å². The van der Waals surface area contributed by atoms with Gasteiger partial charge in [0, 0.05) is 7.11 Å². The lowest BCUT2D eigenvalue weighted by molar-refractivity contribution is 0.0209. The van der Waals surface area contributed by atoms with Crippen LogP contribution in [0, 0.1) is 17.8 Å². The Labute approximate surface area is 76.5 Å². The van der Waals surface area contributed by atoms with Crippen LogP contribution in [0.5, 0.6) is 0 Å². The van der Waals surface area contributed by atoms with Crippen LogP contribution in [0.4, 0.5) is 0 Å². The van der Waals surface area contributed by atoms with E-state index in [-0.39, 0.29) is 0 Å². The molecule has 4 atom stereocenters. The van der Waals surface area contributed by atoms with Gasteiger partial charge in [-0.05, 0) is 37.0 Å². The van der Waals surface area contributed by atoms with Gasteiger partial charge in [-0.1, -0.05) is 20.8 Å². The highest BCUT2D eigenvalue weighted by Crippen LogP contribution is 2.49. The van der Waals surface area contributed by atoms with Gasteiger partial charge in [0.15, 0.2) is 0 Å². The van der Waals surface area contributed by atoms with Crippen LogP contribution in [0.3, 0.4) is 0 Å². The summed E-state index contributed by atoms with van der Waals surface area (Å²) >= 11 is 0. The Hall–Kier alpha value is -0.0400. The molecule has 0 amide bonds. The van der Waals surface area contributed by atoms with Gasteiger partial charge < -0.3 is 4.74 Å². The molecule has 0 radical (unpaired) electrons. The van der Waals surface area contributed by atoms with Gasteiger partial charge in [-0.25, -0.2) is 0 Å². The number of methoxy groups -OCH3 is 1. The van der Waals surface area contributed by atoms with E-state index in [1.807, 2.05) is 21.0 Å². The first-order chi connectivity index (χ1) is 5.83. The van der Waals surface area contributed by atoms with Crippen LogP contribution in [0.15, 0.2) is 0 Å². The zero-order valence-electron chi connectivity index (χ0n) is 8.84. The second kappa shape index (κ2) is 4.27. The summed E-state index contributed by atoms with van der Waals surface area (Å²) in [4.78, 5) is 0. The van der Waals surface area contributed by atoms with Crippen molar-refractivity contribution < 1.29 is 4.74 Å². The molecule has 2 saturated carbocycles. The molecule has 0 aromatic carbocycles. The Morgan fingerprint density at radius 2 is 1.67 bits per heavy atom. The third-order valence-corrected chi connectivity index (χ3v) is 3.51. The number of ether oxygens (including phenoxy) is 1. The van der Waals surface area contributed by atoms with Gasteiger partial charge in [0.05, 0.1) is 6.10 Å². The third kappa shape index (κ3) is 1.52. The van der Waals surface area contributed by atoms with Crippen molar-refractivity contribution in [3.8, 4) is 0 Å². The second-order valence-electron chi connectivity index (χ2n) is 3.89. The highest BCUT2D eigenvalue weighted by molar-refractivity contribution is 4.95. The van der Waals surface area contributed by atoms with Gasteiger partial charge in [-0.15, -0.1) is 0 Å². The van der Waals surface area contributed by atoms with Crippen LogP contribution < -0.4 is 0 Å². The molecule has 0 saturated heterocycles. The monoisotopic (exact) mass is 170 g/mol. The molecule has 4 unspecified atom stereocenters. The van der Waals surface area contributed by atoms with Gasteiger partial charge in [0.2, 0.25) is 0 Å². The highest BCUT2D eigenvalue weighted by Gasteiger charge is 2.45. The van der Waals surface area contributed by atoms with Gasteiger partial charge in [0.25, 0.3) is 0 Å². The van der Waals surface area contributed by atoms with Crippen molar-refractivity contribution in [3.63, 3.8) is 0 Å². The fourth-order valence-electron chi connectivity index (χ4n) is 2.93. The number of fused-ring (bicyclic) bond motifs is 2. The van der Waals surface area contributed by atoms with Crippen molar-refractivity contribution >= 4 is 0 Å². The molecule has 2 aliphatic rings. The van der Waals surface area contributed by atoms with E-state index in [2.05, 4.69) is 6.92 Å². The van der Waals surface area contributed by atoms with E-state index in [0.717, 1.165) is 17.8 Å². The Bertz CT molecular complexity index is 131. The topological polar surface area (TPSA) is 9.23 Å². The maximum atomic E-state index is 5.46. The quantitative estimate of drug-likeness (QED) is 0.587. The fourth-order valence-corrected chi connectivity index (χ4v) is 2.93. The average Bonchev–Trinajstić information content (AvgIpc) is 2.68. The maximum absolute atomic E-state index is 5.46. The molecule has 72 valence electrons. The van der Waals surface area contributed by atoms with Crippen molar-refractivity contribution in [2.45, 2.75) is 46.1 Å². The molecular formula is C11H22O. The predicted octanol–water partition coefficient (Wildman–Crippen LogP) is 3.09. The predicted molar refractivity (Wildman–Crippen MR) is 52.1 cm³/mol. The molecule has 12 heavy (non-hydrogen) atoms. The van der Waals surface area contributed by atoms with Crippen LogP contribution >= 0.6 is 0 Å². The summed E-state index contributed by atoms with van der Waals surface area (Å²) in [5.74, 6) is 2.74. The normalized spacial score (nSPS) is 44.0. The minimum Gasteiger partial charge on any atom is -0.381 e. The molecule has 0 heterocycles. The number of rotatable bonds is 1. The Morgan fingerprint density at radius 1 is 1.08 bits per heavy atom. The van der Waals surface area contributed by atoms with Crippen LogP contribution in [-0.4, -0.2) is 13.2 Å². The van der Waals surface area contributed by atoms with Crippen LogP contribution in [-0.2, 0) is 4.74 Å². The molecular weight excluding hydrogens is 148 g/mol. The molecule has 2 rings (SSSR count). The van der Waals surface area contributed by atoms with Gasteiger partial charge >= 0.3 is 0 Å². The lowest BCUT2D eigenvalue weighted by Crippen LogP contribution is -2.26. The maximum Gasteiger partial charge on any atom is 0.0627 e. The first-order valence-corrected chi connectivity index (χ1v) is 5.35. The largest absolute Gasteiger partial charge is 0.381 e. The number of hydrogen-bond acceptors (Lipinski definition) is 1. The Kier molecular flexibility index (Phi) is 3.57. The lowest BCUT2D eigenvalue weighted by Gasteiger charge is -2.26. The van der Waals surface area contributed by atoms with E-state index in [9.17, 15) is 0 Å². The summed E-state index contributed by atoms with van der Waals surface area (Å²) in [5.41, 5.74) is 0. The molecule has 1 heteroatoms. The summed E-state index contributed by atoms with van der Waals surface area (Å²) in [6, 6.07) is 0. The van der Waals surface area contributed by atoms with E-state index in [1.54, 1.807) is 0 Å². The van der Waals surface area contributed by atoms with E-state index >= 15 is 0 Å². The summed E-state index contributed by atoms with van der Waals surface area (Å²) < 4.78 is 5.46. The van der Waals surface area contributed by atoms with Crippen LogP contribution in [0.1, 0.15) is 40.0 Å². The van der Waals surface area contributed by atoms with E-state index in [4.69, 9.17) is 4.74 Å². The van der Waals surface area contributed by atoms with Crippen LogP contribution in [0.2, 0.25) is 0 Å². The standard InChI is InChI=1S/C9H16O.C2H6/c1-6-7-3-4-8(5-7)9(6)10-2;1-2/h6-9H,3-5H2,1-2H3;1-2H3. The molecule has 0 aromatic heterocycles. The van der Waals surface area contributed by atoms with E-state index < -0.39 is 0 Å². The minimum absolute atomic E-state index is 0.596. The first kappa shape index (κ1) is 10.0. The van der Waals surface area contributed by atoms with Crippen molar-refractivity contribution in [1.29, 1.82) is 0 Å². The Balaban J connectivity index is 0.000000336. The Morgan fingerprint density at radius 3 is 2.00 bits per heavy atom. The molecule has 2 aliphatic carbocycles. The molecule has 0 aliphatic heterocycles. The molecule has 0 aromatic rings. The molecule has 0 N–H and O–H groups in total. The summed E-state index contributed by atoms with van der Waals surface area (Å²) in [6.07, 6.45) is 4.93. The van der Waals surface area contributed by atoms with Gasteiger partial charge in [-0.2, -0.15) is 0 Å². The van der Waals surface area contributed by atoms with Crippen molar-refractivity contribution in [2.75, 3.05) is 7.11 Å². The van der Waals surface area contributed by atoms with Crippen molar-refractivity contribution in [1.82, 2.24) is 0 Å². The number of hydrogen-bond donors (Lipinski definition) is 0. The molecule has 2 fully saturated rings. The fraction of sp³-hybridized carbons (Fsp3) is 1.00. The first-order valence-electron chi connectivity index (χ1n) is 5.35. The van der Waals surface area contributed by atoms with Crippen molar-refractivity contribution in [3.05, 3.63) is 0 Å². The van der Waals surface area contributed by atoms with E-state index in [1.165, 1.54) is 19.3 Å². The molecule has 0 spiro atoms.